The molecular formula is C117H94Ir5N5O15-5. The fraction of sp³-hybridized carbons (Fsp3) is 0.103. The molecule has 142 heavy (non-hydrogen) atoms. The van der Waals surface area contributed by atoms with Gasteiger partial charge in [-0.2, -0.15) is 0 Å². The minimum atomic E-state index is -0.125. The van der Waals surface area contributed by atoms with Crippen molar-refractivity contribution in [3.8, 4) is 112 Å². The van der Waals surface area contributed by atoms with Crippen molar-refractivity contribution in [1.82, 2.24) is 24.9 Å². The molecule has 5 aromatic heterocycles. The minimum absolute atomic E-state index is 0. The largest absolute Gasteiger partial charge is 0.512 e. The van der Waals surface area contributed by atoms with E-state index in [1.165, 1.54) is 99.6 Å². The van der Waals surface area contributed by atoms with Crippen LogP contribution in [0.3, 0.4) is 0 Å². The van der Waals surface area contributed by atoms with Crippen molar-refractivity contribution in [3.05, 3.63) is 448 Å². The van der Waals surface area contributed by atoms with E-state index in [1.54, 1.807) is 31.0 Å². The van der Waals surface area contributed by atoms with Gasteiger partial charge in [-0.05, 0) is 154 Å². The number of pyridine rings is 5. The molecule has 0 bridgehead atoms. The van der Waals surface area contributed by atoms with Crippen molar-refractivity contribution in [2.45, 2.75) is 83.1 Å². The third-order valence-corrected chi connectivity index (χ3v) is 20.6. The summed E-state index contributed by atoms with van der Waals surface area (Å²) < 4.78 is 0. The van der Waals surface area contributed by atoms with E-state index in [9.17, 15) is 47.9 Å². The maximum Gasteiger partial charge on any atom is 0.195 e. The Balaban J connectivity index is 0.000000249. The van der Waals surface area contributed by atoms with Crippen LogP contribution >= 0.6 is 0 Å². The van der Waals surface area contributed by atoms with Crippen molar-refractivity contribution in [3.63, 3.8) is 0 Å². The fourth-order valence-electron chi connectivity index (χ4n) is 15.1. The molecule has 25 heteroatoms. The van der Waals surface area contributed by atoms with Crippen molar-refractivity contribution in [2.24, 2.45) is 0 Å². The van der Waals surface area contributed by atoms with Gasteiger partial charge in [0.05, 0.1) is 28.8 Å². The van der Waals surface area contributed by atoms with Gasteiger partial charge < -0.3 is 50.5 Å². The second-order valence-electron chi connectivity index (χ2n) is 31.8. The van der Waals surface area contributed by atoms with Crippen molar-refractivity contribution >= 4 is 57.8 Å². The summed E-state index contributed by atoms with van der Waals surface area (Å²) in [6, 6.07) is 98.6. The molecule has 0 saturated heterocycles. The monoisotopic (exact) mass is 2770 g/mol. The summed E-state index contributed by atoms with van der Waals surface area (Å²) in [5.41, 5.74) is 27.6. The molecule has 5 aliphatic carbocycles. The number of allylic oxidation sites excluding steroid dienone is 10. The molecule has 10 aromatic carbocycles. The number of fused-ring (bicyclic) bond motifs is 15. The molecule has 20 rings (SSSR count). The Labute approximate surface area is 892 Å². The molecule has 15 aromatic rings. The number of carbonyl (C=O) groups is 10. The predicted octanol–water partition coefficient (Wildman–Crippen LogP) is 24.6. The molecule has 0 unspecified atom stereocenters. The second-order valence-corrected chi connectivity index (χ2v) is 31.8. The Morgan fingerprint density at radius 2 is 0.479 bits per heavy atom. The first kappa shape index (κ1) is 116. The summed E-state index contributed by atoms with van der Waals surface area (Å²) in [6.07, 6.45) is 14.6. The van der Waals surface area contributed by atoms with Crippen molar-refractivity contribution in [2.75, 3.05) is 0 Å². The number of hydrogen-bond donors (Lipinski definition) is 5. The van der Waals surface area contributed by atoms with Crippen LogP contribution in [0.5, 0.6) is 0 Å². The molecule has 5 radical (unpaired) electrons. The summed E-state index contributed by atoms with van der Waals surface area (Å²) in [5.74, 6) is 0.0147. The number of rotatable bonds is 10. The fourth-order valence-corrected chi connectivity index (χ4v) is 15.1. The average molecular weight is 2770 g/mol. The van der Waals surface area contributed by atoms with Crippen LogP contribution in [0.1, 0.15) is 160 Å². The first-order chi connectivity index (χ1) is 65.7. The third kappa shape index (κ3) is 30.8. The first-order valence-electron chi connectivity index (χ1n) is 43.1. The Morgan fingerprint density at radius 3 is 0.782 bits per heavy atom. The Bertz CT molecular complexity index is 7150. The quantitative estimate of drug-likeness (QED) is 0.0482. The molecule has 5 heterocycles. The summed E-state index contributed by atoms with van der Waals surface area (Å²) in [7, 11) is 0. The third-order valence-electron chi connectivity index (χ3n) is 20.6. The van der Waals surface area contributed by atoms with Crippen LogP contribution in [-0.2, 0) is 124 Å². The zero-order chi connectivity index (χ0) is 98.7. The molecule has 727 valence electrons. The molecule has 0 fully saturated rings. The number of ketones is 10. The van der Waals surface area contributed by atoms with E-state index in [4.69, 9.17) is 25.5 Å². The van der Waals surface area contributed by atoms with Crippen molar-refractivity contribution < 1.29 is 174 Å². The number of aliphatic hydroxyl groups excluding tert-OH is 5. The Kier molecular flexibility index (Phi) is 45.5. The van der Waals surface area contributed by atoms with Crippen LogP contribution in [0.15, 0.2) is 351 Å². The van der Waals surface area contributed by atoms with Gasteiger partial charge in [-0.1, -0.05) is 153 Å². The summed E-state index contributed by atoms with van der Waals surface area (Å²) in [5, 5.41) is 41.8. The van der Waals surface area contributed by atoms with Crippen LogP contribution < -0.4 is 0 Å². The van der Waals surface area contributed by atoms with E-state index in [0.717, 1.165) is 156 Å². The van der Waals surface area contributed by atoms with Gasteiger partial charge in [-0.25, -0.2) is 0 Å². The van der Waals surface area contributed by atoms with Crippen LogP contribution in [0.4, 0.5) is 0 Å². The number of aliphatic hydroxyl groups is 5. The number of aromatic nitrogens is 5. The SMILES string of the molecule is CC(=O)C=C(C)O.CC(=O)C=C(C)O.CC(=O)C=C(C)O.CC(=O)C=C(C)O.CC(=O)C=C(C)O.Cc1cc[c-]c(-c2cc3c(cn2)-c2ccccc2C3=O)c1.Cc1cc[c-]c(-c2nccc3c2C(=O)c2ccccc2-3)c1.O=C1c2ccccc2-c2cc(-c3[c-]cccc3)ncc21.O=C1c2ccccc2-c2ccnc(-c3[c-]cccc3)c21.O=C1c2ccccc2-c2cnc(-c3[c-]cccc3)cc21.[Ir].[Ir].[Ir].[Ir].[Ir]. The van der Waals surface area contributed by atoms with Crippen LogP contribution in [0.25, 0.3) is 112 Å². The Morgan fingerprint density at radius 1 is 0.232 bits per heavy atom. The van der Waals surface area contributed by atoms with Gasteiger partial charge in [-0.15, -0.1) is 178 Å². The molecule has 0 atom stereocenters. The number of carbonyl (C=O) groups excluding carboxylic acids is 10. The standard InChI is InChI=1S/2C19H12NO.3C18H10NO.5C5H8O2.5Ir/c1-12-5-4-6-13(9-12)18-10-16-17(11-20-18)14-7-2-3-8-15(14)19(16)21;1-12-5-4-6-13(11-12)18-17-15(9-10-20-18)14-7-2-3-8-16(14)19(17)21;20-18-14-9-5-4-8-13(14)16-11-19-17(10-15(16)18)12-6-2-1-3-7-12;20-18-14-9-5-4-8-13(14)15-10-17(19-11-16(15)18)12-6-2-1-3-7-12;20-18-15-9-5-4-8-13(15)14-10-11-19-17(16(14)18)12-6-2-1-3-7-12;5*1-4(6)3-5(2)7;;;;;/h2*2-5,7-11H,1H3;3*1-6,8-11H;5*3,6H,1-2H3;;;;;/q5*-1;;;;;;;;;;. The van der Waals surface area contributed by atoms with E-state index < -0.39 is 0 Å². The minimum Gasteiger partial charge on any atom is -0.512 e. The topological polar surface area (TPSA) is 336 Å². The van der Waals surface area contributed by atoms with E-state index in [2.05, 4.69) is 55.3 Å². The predicted molar refractivity (Wildman–Crippen MR) is 532 cm³/mol. The van der Waals surface area contributed by atoms with Crippen LogP contribution in [0, 0.1) is 44.2 Å². The smallest absolute Gasteiger partial charge is 0.195 e. The zero-order valence-electron chi connectivity index (χ0n) is 78.8. The molecule has 0 spiro atoms. The summed E-state index contributed by atoms with van der Waals surface area (Å²) in [6.45, 7) is 18.3. The molecule has 5 aliphatic rings. The Hall–Kier alpha value is -14.4. The van der Waals surface area contributed by atoms with Gasteiger partial charge in [-0.3, -0.25) is 47.9 Å². The first-order valence-corrected chi connectivity index (χ1v) is 43.1. The molecule has 20 nitrogen and oxygen atoms in total. The average Bonchev–Trinajstić information content (AvgIpc) is 1.61. The van der Waals surface area contributed by atoms with Gasteiger partial charge in [0.2, 0.25) is 0 Å². The van der Waals surface area contributed by atoms with E-state index in [-0.39, 0.29) is 187 Å². The van der Waals surface area contributed by atoms with Gasteiger partial charge >= 0.3 is 0 Å². The van der Waals surface area contributed by atoms with Gasteiger partial charge in [0.15, 0.2) is 57.8 Å². The maximum atomic E-state index is 12.7. The number of aryl methyl sites for hydroxylation is 2. The maximum absolute atomic E-state index is 12.7. The molecular weight excluding hydrogens is 2680 g/mol. The number of nitrogens with zero attached hydrogens (tertiary/aromatic N) is 5. The molecule has 0 amide bonds. The van der Waals surface area contributed by atoms with Gasteiger partial charge in [0.25, 0.3) is 0 Å². The van der Waals surface area contributed by atoms with Gasteiger partial charge in [0, 0.05) is 229 Å². The zero-order valence-corrected chi connectivity index (χ0v) is 90.8. The van der Waals surface area contributed by atoms with Crippen LogP contribution in [-0.4, -0.2) is 108 Å². The molecule has 0 saturated carbocycles. The van der Waals surface area contributed by atoms with Gasteiger partial charge in [0.1, 0.15) is 0 Å². The number of benzene rings is 10. The van der Waals surface area contributed by atoms with E-state index in [1.807, 2.05) is 275 Å². The normalized spacial score (nSPS) is 11.5. The summed E-state index contributed by atoms with van der Waals surface area (Å²) in [4.78, 5) is 135. The van der Waals surface area contributed by atoms with Crippen molar-refractivity contribution in [1.29, 1.82) is 0 Å². The van der Waals surface area contributed by atoms with E-state index in [0.29, 0.717) is 22.4 Å². The second kappa shape index (κ2) is 55.6. The van der Waals surface area contributed by atoms with E-state index >= 15 is 0 Å². The number of hydrogen-bond acceptors (Lipinski definition) is 20. The van der Waals surface area contributed by atoms with Crippen LogP contribution in [0.2, 0.25) is 0 Å². The summed E-state index contributed by atoms with van der Waals surface area (Å²) >= 11 is 0. The molecule has 0 aliphatic heterocycles. The molecule has 5 N–H and O–H groups in total.